The third-order valence-corrected chi connectivity index (χ3v) is 8.57. The fourth-order valence-electron chi connectivity index (χ4n) is 5.91. The molecule has 0 heterocycles. The summed E-state index contributed by atoms with van der Waals surface area (Å²) in [5, 5.41) is 0. The maximum Gasteiger partial charge on any atom is 0.0358 e. The molecule has 0 saturated heterocycles. The predicted molar refractivity (Wildman–Crippen MR) is 125 cm³/mol. The molecule has 0 saturated carbocycles. The van der Waals surface area contributed by atoms with Gasteiger partial charge >= 0.3 is 0 Å². The number of fused-ring (bicyclic) bond motifs is 2. The van der Waals surface area contributed by atoms with Crippen LogP contribution >= 0.6 is 22.6 Å². The number of alkyl halides is 1. The summed E-state index contributed by atoms with van der Waals surface area (Å²) in [6, 6.07) is 9.14. The highest BCUT2D eigenvalue weighted by Crippen LogP contribution is 2.54. The summed E-state index contributed by atoms with van der Waals surface area (Å²) in [5.41, 5.74) is 3.37. The molecule has 1 aromatic rings. The van der Waals surface area contributed by atoms with Crippen molar-refractivity contribution in [2.24, 2.45) is 23.7 Å². The minimum Gasteiger partial charge on any atom is -0.103 e. The second-order valence-electron chi connectivity index (χ2n) is 9.04. The van der Waals surface area contributed by atoms with Crippen molar-refractivity contribution in [1.29, 1.82) is 0 Å². The molecule has 0 nitrogen and oxygen atoms in total. The van der Waals surface area contributed by atoms with Crippen LogP contribution in [0.4, 0.5) is 0 Å². The Morgan fingerprint density at radius 3 is 2.52 bits per heavy atom. The molecular formula is C26H31I. The van der Waals surface area contributed by atoms with Gasteiger partial charge in [-0.2, -0.15) is 0 Å². The van der Waals surface area contributed by atoms with Gasteiger partial charge in [0.1, 0.15) is 0 Å². The summed E-state index contributed by atoms with van der Waals surface area (Å²) in [6.45, 7) is 8.99. The van der Waals surface area contributed by atoms with Gasteiger partial charge in [-0.05, 0) is 65.4 Å². The molecule has 6 atom stereocenters. The highest BCUT2D eigenvalue weighted by molar-refractivity contribution is 14.1. The molecule has 0 fully saturated rings. The van der Waals surface area contributed by atoms with E-state index in [1.165, 1.54) is 12.8 Å². The minimum absolute atomic E-state index is 0.246. The molecule has 0 spiro atoms. The first-order valence-electron chi connectivity index (χ1n) is 10.4. The summed E-state index contributed by atoms with van der Waals surface area (Å²) < 4.78 is 0.630. The number of rotatable bonds is 5. The van der Waals surface area contributed by atoms with E-state index in [0.717, 1.165) is 6.42 Å². The monoisotopic (exact) mass is 470 g/mol. The van der Waals surface area contributed by atoms with E-state index in [0.29, 0.717) is 33.5 Å². The van der Waals surface area contributed by atoms with E-state index in [-0.39, 0.29) is 5.41 Å². The molecule has 27 heavy (non-hydrogen) atoms. The molecule has 1 aromatic carbocycles. The van der Waals surface area contributed by atoms with E-state index in [1.54, 1.807) is 11.1 Å². The van der Waals surface area contributed by atoms with Gasteiger partial charge in [0, 0.05) is 3.92 Å². The number of hydrogen-bond donors (Lipinski definition) is 0. The topological polar surface area (TPSA) is 0 Å². The van der Waals surface area contributed by atoms with E-state index in [2.05, 4.69) is 110 Å². The first kappa shape index (κ1) is 19.2. The molecule has 1 heteroatoms. The Bertz CT molecular complexity index is 781. The molecule has 0 N–H and O–H groups in total. The maximum absolute atomic E-state index is 4.06. The van der Waals surface area contributed by atoms with Crippen LogP contribution in [0.5, 0.6) is 0 Å². The van der Waals surface area contributed by atoms with E-state index in [1.807, 2.05) is 0 Å². The Morgan fingerprint density at radius 1 is 1.00 bits per heavy atom. The molecule has 3 aliphatic carbocycles. The molecular weight excluding hydrogens is 439 g/mol. The molecule has 0 aromatic heterocycles. The maximum atomic E-state index is 4.06. The average molecular weight is 470 g/mol. The van der Waals surface area contributed by atoms with Crippen LogP contribution in [0.2, 0.25) is 0 Å². The first-order chi connectivity index (χ1) is 13.0. The molecule has 3 aliphatic rings. The minimum atomic E-state index is 0.246. The van der Waals surface area contributed by atoms with Crippen LogP contribution in [0.25, 0.3) is 0 Å². The quantitative estimate of drug-likeness (QED) is 0.239. The zero-order valence-corrected chi connectivity index (χ0v) is 18.7. The van der Waals surface area contributed by atoms with Crippen LogP contribution < -0.4 is 0 Å². The smallest absolute Gasteiger partial charge is 0.0358 e. The van der Waals surface area contributed by atoms with Gasteiger partial charge in [-0.1, -0.05) is 103 Å². The highest BCUT2D eigenvalue weighted by Gasteiger charge is 2.45. The van der Waals surface area contributed by atoms with E-state index in [4.69, 9.17) is 0 Å². The predicted octanol–water partition coefficient (Wildman–Crippen LogP) is 7.38. The summed E-state index contributed by atoms with van der Waals surface area (Å²) >= 11 is 2.60. The summed E-state index contributed by atoms with van der Waals surface area (Å²) in [6.07, 6.45) is 20.1. The third kappa shape index (κ3) is 3.41. The average Bonchev–Trinajstić information content (AvgIpc) is 2.89. The summed E-state index contributed by atoms with van der Waals surface area (Å²) in [7, 11) is 0. The number of allylic oxidation sites excluding steroid dienone is 7. The Labute approximate surface area is 178 Å². The van der Waals surface area contributed by atoms with Crippen molar-refractivity contribution in [2.75, 3.05) is 0 Å². The highest BCUT2D eigenvalue weighted by atomic mass is 127. The SMILES string of the molecule is C=CCC1c2ccccc2C(C)(C)C1CCC1C=CC(I)C2C=CC=CC12. The largest absolute Gasteiger partial charge is 0.103 e. The second-order valence-corrected chi connectivity index (χ2v) is 10.5. The molecule has 0 radical (unpaired) electrons. The van der Waals surface area contributed by atoms with Gasteiger partial charge in [0.25, 0.3) is 0 Å². The standard InChI is InChI=1S/C26H31I/c1-4-9-20-21-11-7-8-13-23(21)26(2,3)24(20)16-14-18-15-17-25(27)22-12-6-5-10-19(18)22/h4-8,10-13,15,17-20,22,24-25H,1,9,14,16H2,2-3H3. The van der Waals surface area contributed by atoms with Crippen molar-refractivity contribution in [2.45, 2.75) is 48.4 Å². The Balaban J connectivity index is 1.55. The van der Waals surface area contributed by atoms with Crippen LogP contribution in [-0.4, -0.2) is 3.92 Å². The van der Waals surface area contributed by atoms with Crippen molar-refractivity contribution in [1.82, 2.24) is 0 Å². The zero-order chi connectivity index (χ0) is 19.0. The normalized spacial score (nSPS) is 35.7. The lowest BCUT2D eigenvalue weighted by molar-refractivity contribution is 0.245. The van der Waals surface area contributed by atoms with Crippen LogP contribution in [0, 0.1) is 23.7 Å². The van der Waals surface area contributed by atoms with Crippen molar-refractivity contribution < 1.29 is 0 Å². The summed E-state index contributed by atoms with van der Waals surface area (Å²) in [5.74, 6) is 3.33. The lowest BCUT2D eigenvalue weighted by Gasteiger charge is -2.38. The van der Waals surface area contributed by atoms with Crippen LogP contribution in [0.1, 0.15) is 50.2 Å². The fourth-order valence-corrected chi connectivity index (χ4v) is 6.87. The van der Waals surface area contributed by atoms with Gasteiger partial charge < -0.3 is 0 Å². The van der Waals surface area contributed by atoms with Crippen LogP contribution in [0.15, 0.2) is 73.4 Å². The van der Waals surface area contributed by atoms with Gasteiger partial charge in [-0.25, -0.2) is 0 Å². The van der Waals surface area contributed by atoms with Crippen molar-refractivity contribution >= 4 is 22.6 Å². The molecule has 0 aliphatic heterocycles. The second kappa shape index (κ2) is 7.73. The zero-order valence-electron chi connectivity index (χ0n) is 16.5. The number of hydrogen-bond acceptors (Lipinski definition) is 0. The Hall–Kier alpha value is -1.09. The van der Waals surface area contributed by atoms with Gasteiger partial charge in [0.15, 0.2) is 0 Å². The molecule has 4 rings (SSSR count). The Morgan fingerprint density at radius 2 is 1.74 bits per heavy atom. The van der Waals surface area contributed by atoms with Crippen molar-refractivity contribution in [3.8, 4) is 0 Å². The van der Waals surface area contributed by atoms with E-state index in [9.17, 15) is 0 Å². The fraction of sp³-hybridized carbons (Fsp3) is 0.462. The lowest BCUT2D eigenvalue weighted by atomic mass is 9.68. The lowest BCUT2D eigenvalue weighted by Crippen LogP contribution is -2.32. The molecule has 6 unspecified atom stereocenters. The van der Waals surface area contributed by atoms with E-state index < -0.39 is 0 Å². The van der Waals surface area contributed by atoms with Gasteiger partial charge in [0.2, 0.25) is 0 Å². The van der Waals surface area contributed by atoms with Crippen molar-refractivity contribution in [3.63, 3.8) is 0 Å². The van der Waals surface area contributed by atoms with Crippen LogP contribution in [0.3, 0.4) is 0 Å². The first-order valence-corrected chi connectivity index (χ1v) is 11.7. The van der Waals surface area contributed by atoms with E-state index >= 15 is 0 Å². The molecule has 142 valence electrons. The molecule has 0 amide bonds. The third-order valence-electron chi connectivity index (χ3n) is 7.33. The van der Waals surface area contributed by atoms with Crippen molar-refractivity contribution in [3.05, 3.63) is 84.5 Å². The van der Waals surface area contributed by atoms with Crippen LogP contribution in [-0.2, 0) is 5.41 Å². The number of benzene rings is 1. The molecule has 0 bridgehead atoms. The number of halogens is 1. The van der Waals surface area contributed by atoms with Gasteiger partial charge in [-0.15, -0.1) is 6.58 Å². The van der Waals surface area contributed by atoms with Gasteiger partial charge in [-0.3, -0.25) is 0 Å². The Kier molecular flexibility index (Phi) is 5.51. The van der Waals surface area contributed by atoms with Gasteiger partial charge in [0.05, 0.1) is 0 Å². The summed E-state index contributed by atoms with van der Waals surface area (Å²) in [4.78, 5) is 0.